The standard InChI is InChI=1S/C30H28N4O5S/c1-18-7-8-21(27(35)32-22-10-11-22)15-23(18)33-29-34-26(20-9-12-24-25(16-20)38-14-13-37-24)28(40-29)39-30(36)31-17-19-5-3-2-4-6-19/h2-9,12,15-16,22H,10-11,13-14,17H2,1H3,(H,31,36)(H,32,35)(H,33,34). The molecule has 4 aromatic rings. The highest BCUT2D eigenvalue weighted by molar-refractivity contribution is 7.18. The van der Waals surface area contributed by atoms with Crippen molar-refractivity contribution in [2.75, 3.05) is 18.5 Å². The minimum atomic E-state index is -0.590. The first kappa shape index (κ1) is 25.7. The molecule has 0 radical (unpaired) electrons. The molecule has 2 aliphatic rings. The molecule has 1 aromatic heterocycles. The summed E-state index contributed by atoms with van der Waals surface area (Å²) in [5.41, 5.74) is 4.42. The fraction of sp³-hybridized carbons (Fsp3) is 0.233. The average molecular weight is 557 g/mol. The minimum absolute atomic E-state index is 0.0965. The summed E-state index contributed by atoms with van der Waals surface area (Å²) in [6.07, 6.45) is 1.45. The zero-order valence-corrected chi connectivity index (χ0v) is 22.7. The van der Waals surface area contributed by atoms with Gasteiger partial charge in [0.25, 0.3) is 5.91 Å². The Bertz CT molecular complexity index is 1550. The number of rotatable bonds is 8. The number of amides is 2. The molecule has 3 aromatic carbocycles. The van der Waals surface area contributed by atoms with Crippen molar-refractivity contribution in [3.8, 4) is 27.8 Å². The molecule has 6 rings (SSSR count). The summed E-state index contributed by atoms with van der Waals surface area (Å²) < 4.78 is 17.2. The summed E-state index contributed by atoms with van der Waals surface area (Å²) in [5.74, 6) is 1.17. The van der Waals surface area contributed by atoms with E-state index in [1.54, 1.807) is 0 Å². The molecule has 0 unspecified atom stereocenters. The molecule has 0 saturated heterocycles. The van der Waals surface area contributed by atoms with Gasteiger partial charge in [-0.1, -0.05) is 47.7 Å². The Kier molecular flexibility index (Phi) is 7.24. The summed E-state index contributed by atoms with van der Waals surface area (Å²) in [6, 6.07) is 20.9. The Hall–Kier alpha value is -4.57. The van der Waals surface area contributed by atoms with Crippen LogP contribution in [0, 0.1) is 6.92 Å². The molecular weight excluding hydrogens is 528 g/mol. The maximum Gasteiger partial charge on any atom is 0.413 e. The number of nitrogens with zero attached hydrogens (tertiary/aromatic N) is 1. The van der Waals surface area contributed by atoms with Crippen molar-refractivity contribution in [1.29, 1.82) is 0 Å². The molecule has 2 amide bonds. The highest BCUT2D eigenvalue weighted by atomic mass is 32.1. The number of carbonyl (C=O) groups is 2. The predicted octanol–water partition coefficient (Wildman–Crippen LogP) is 5.81. The smallest absolute Gasteiger partial charge is 0.413 e. The monoisotopic (exact) mass is 556 g/mol. The number of nitrogens with one attached hydrogen (secondary N) is 3. The molecule has 0 atom stereocenters. The fourth-order valence-electron chi connectivity index (χ4n) is 4.20. The SMILES string of the molecule is Cc1ccc(C(=O)NC2CC2)cc1Nc1nc(-c2ccc3c(c2)OCCO3)c(OC(=O)NCc2ccccc2)s1. The third-order valence-corrected chi connectivity index (χ3v) is 7.38. The second kappa shape index (κ2) is 11.3. The number of benzene rings is 3. The number of hydrogen-bond donors (Lipinski definition) is 3. The normalized spacial score (nSPS) is 13.8. The topological polar surface area (TPSA) is 111 Å². The third-order valence-electron chi connectivity index (χ3n) is 6.53. The van der Waals surface area contributed by atoms with Crippen LogP contribution in [0.3, 0.4) is 0 Å². The predicted molar refractivity (Wildman–Crippen MR) is 153 cm³/mol. The lowest BCUT2D eigenvalue weighted by Crippen LogP contribution is -2.26. The van der Waals surface area contributed by atoms with Gasteiger partial charge >= 0.3 is 6.09 Å². The molecule has 0 bridgehead atoms. The van der Waals surface area contributed by atoms with Crippen LogP contribution >= 0.6 is 11.3 Å². The molecule has 1 saturated carbocycles. The number of thiazole rings is 1. The van der Waals surface area contributed by atoms with E-state index in [4.69, 9.17) is 19.2 Å². The lowest BCUT2D eigenvalue weighted by Gasteiger charge is -2.18. The Morgan fingerprint density at radius 2 is 1.80 bits per heavy atom. The molecule has 0 spiro atoms. The van der Waals surface area contributed by atoms with Gasteiger partial charge in [0, 0.05) is 29.4 Å². The van der Waals surface area contributed by atoms with Gasteiger partial charge in [-0.2, -0.15) is 0 Å². The number of anilines is 2. The molecule has 204 valence electrons. The maximum atomic E-state index is 12.8. The van der Waals surface area contributed by atoms with Gasteiger partial charge in [0.05, 0.1) is 0 Å². The molecular formula is C30H28N4O5S. The van der Waals surface area contributed by atoms with Crippen LogP contribution in [0.25, 0.3) is 11.3 Å². The van der Waals surface area contributed by atoms with Crippen molar-refractivity contribution in [1.82, 2.24) is 15.6 Å². The first-order valence-corrected chi connectivity index (χ1v) is 13.9. The van der Waals surface area contributed by atoms with Gasteiger partial charge in [-0.3, -0.25) is 4.79 Å². The van der Waals surface area contributed by atoms with E-state index in [-0.39, 0.29) is 11.9 Å². The van der Waals surface area contributed by atoms with Crippen molar-refractivity contribution in [3.63, 3.8) is 0 Å². The second-order valence-corrected chi connectivity index (χ2v) is 10.6. The summed E-state index contributed by atoms with van der Waals surface area (Å²) in [4.78, 5) is 30.2. The van der Waals surface area contributed by atoms with E-state index in [1.807, 2.05) is 73.7 Å². The van der Waals surface area contributed by atoms with E-state index in [0.717, 1.165) is 29.7 Å². The fourth-order valence-corrected chi connectivity index (χ4v) is 5.05. The van der Waals surface area contributed by atoms with Crippen molar-refractivity contribution >= 4 is 34.2 Å². The quantitative estimate of drug-likeness (QED) is 0.251. The molecule has 10 heteroatoms. The van der Waals surface area contributed by atoms with Gasteiger partial charge in [0.15, 0.2) is 16.6 Å². The van der Waals surface area contributed by atoms with Crippen LogP contribution in [0.1, 0.15) is 34.3 Å². The number of aryl methyl sites for hydroxylation is 1. The lowest BCUT2D eigenvalue weighted by atomic mass is 10.1. The maximum absolute atomic E-state index is 12.8. The number of ether oxygens (including phenoxy) is 3. The van der Waals surface area contributed by atoms with E-state index < -0.39 is 6.09 Å². The summed E-state index contributed by atoms with van der Waals surface area (Å²) in [7, 11) is 0. The van der Waals surface area contributed by atoms with Crippen molar-refractivity contribution in [2.24, 2.45) is 0 Å². The first-order valence-electron chi connectivity index (χ1n) is 13.1. The zero-order chi connectivity index (χ0) is 27.5. The Morgan fingerprint density at radius 3 is 2.60 bits per heavy atom. The van der Waals surface area contributed by atoms with E-state index in [1.165, 1.54) is 11.3 Å². The summed E-state index contributed by atoms with van der Waals surface area (Å²) in [6.45, 7) is 3.23. The van der Waals surface area contributed by atoms with E-state index in [2.05, 4.69) is 16.0 Å². The molecule has 1 aliphatic heterocycles. The number of carbonyl (C=O) groups excluding carboxylic acids is 2. The largest absolute Gasteiger partial charge is 0.486 e. The van der Waals surface area contributed by atoms with Crippen LogP contribution < -0.4 is 30.2 Å². The lowest BCUT2D eigenvalue weighted by molar-refractivity contribution is 0.0951. The molecule has 9 nitrogen and oxygen atoms in total. The van der Waals surface area contributed by atoms with Crippen LogP contribution in [0.4, 0.5) is 15.6 Å². The number of aromatic nitrogens is 1. The second-order valence-electron chi connectivity index (χ2n) is 9.64. The molecule has 3 N–H and O–H groups in total. The third kappa shape index (κ3) is 6.02. The van der Waals surface area contributed by atoms with Crippen LogP contribution in [0.15, 0.2) is 66.7 Å². The van der Waals surface area contributed by atoms with Gasteiger partial charge in [0.1, 0.15) is 18.9 Å². The highest BCUT2D eigenvalue weighted by Gasteiger charge is 2.24. The molecule has 40 heavy (non-hydrogen) atoms. The van der Waals surface area contributed by atoms with Gasteiger partial charge < -0.3 is 30.2 Å². The summed E-state index contributed by atoms with van der Waals surface area (Å²) >= 11 is 1.20. The van der Waals surface area contributed by atoms with Gasteiger partial charge in [-0.05, 0) is 61.2 Å². The first-order chi connectivity index (χ1) is 19.5. The van der Waals surface area contributed by atoms with E-state index >= 15 is 0 Å². The number of fused-ring (bicyclic) bond motifs is 1. The molecule has 1 fully saturated rings. The Morgan fingerprint density at radius 1 is 1.00 bits per heavy atom. The van der Waals surface area contributed by atoms with Crippen molar-refractivity contribution in [2.45, 2.75) is 32.4 Å². The number of hydrogen-bond acceptors (Lipinski definition) is 8. The van der Waals surface area contributed by atoms with Gasteiger partial charge in [-0.15, -0.1) is 0 Å². The van der Waals surface area contributed by atoms with E-state index in [9.17, 15) is 9.59 Å². The van der Waals surface area contributed by atoms with Crippen LogP contribution in [0.5, 0.6) is 16.6 Å². The minimum Gasteiger partial charge on any atom is -0.486 e. The van der Waals surface area contributed by atoms with Crippen molar-refractivity contribution in [3.05, 3.63) is 83.4 Å². The average Bonchev–Trinajstić information content (AvgIpc) is 3.71. The van der Waals surface area contributed by atoms with E-state index in [0.29, 0.717) is 58.3 Å². The Balaban J connectivity index is 1.27. The van der Waals surface area contributed by atoms with Gasteiger partial charge in [-0.25, -0.2) is 9.78 Å². The summed E-state index contributed by atoms with van der Waals surface area (Å²) in [5, 5.41) is 9.97. The molecule has 2 heterocycles. The van der Waals surface area contributed by atoms with Gasteiger partial charge in [0.2, 0.25) is 5.06 Å². The molecule has 1 aliphatic carbocycles. The Labute approximate surface area is 235 Å². The highest BCUT2D eigenvalue weighted by Crippen LogP contribution is 2.42. The zero-order valence-electron chi connectivity index (χ0n) is 21.9. The van der Waals surface area contributed by atoms with Crippen LogP contribution in [-0.2, 0) is 6.54 Å². The van der Waals surface area contributed by atoms with Crippen LogP contribution in [-0.4, -0.2) is 36.2 Å². The van der Waals surface area contributed by atoms with Crippen molar-refractivity contribution < 1.29 is 23.8 Å². The van der Waals surface area contributed by atoms with Crippen LogP contribution in [0.2, 0.25) is 0 Å².